The number of aryl methyl sites for hydroxylation is 1. The molecule has 0 aliphatic rings. The number of phenols is 1. The molecule has 18 heavy (non-hydrogen) atoms. The summed E-state index contributed by atoms with van der Waals surface area (Å²) in [6, 6.07) is 5.27. The van der Waals surface area contributed by atoms with Crippen molar-refractivity contribution < 1.29 is 5.11 Å². The smallest absolute Gasteiger partial charge is 0.140 e. The fraction of sp³-hybridized carbons (Fsp3) is 0.333. The maximum Gasteiger partial charge on any atom is 0.140 e. The molecule has 2 rings (SSSR count). The monoisotopic (exact) mass is 310 g/mol. The van der Waals surface area contributed by atoms with Gasteiger partial charge < -0.3 is 5.11 Å². The van der Waals surface area contributed by atoms with Gasteiger partial charge in [0.05, 0.1) is 6.54 Å². The van der Waals surface area contributed by atoms with Crippen LogP contribution in [-0.4, -0.2) is 31.8 Å². The van der Waals surface area contributed by atoms with Crippen LogP contribution in [0, 0.1) is 0 Å². The zero-order valence-electron chi connectivity index (χ0n) is 10.3. The average Bonchev–Trinajstić information content (AvgIpc) is 2.70. The third-order valence-electron chi connectivity index (χ3n) is 2.69. The summed E-state index contributed by atoms with van der Waals surface area (Å²) in [6.07, 6.45) is 1.55. The van der Waals surface area contributed by atoms with Crippen LogP contribution in [0.15, 0.2) is 29.0 Å². The van der Waals surface area contributed by atoms with Gasteiger partial charge in [0.25, 0.3) is 0 Å². The number of nitrogens with zero attached hydrogens (tertiary/aromatic N) is 4. The van der Waals surface area contributed by atoms with Crippen molar-refractivity contribution in [1.82, 2.24) is 19.7 Å². The van der Waals surface area contributed by atoms with Gasteiger partial charge in [0.15, 0.2) is 0 Å². The molecule has 1 aromatic carbocycles. The van der Waals surface area contributed by atoms with Crippen LogP contribution in [0.5, 0.6) is 5.75 Å². The van der Waals surface area contributed by atoms with E-state index in [0.29, 0.717) is 6.54 Å². The number of rotatable bonds is 4. The lowest BCUT2D eigenvalue weighted by Crippen LogP contribution is -2.20. The highest BCUT2D eigenvalue weighted by Gasteiger charge is 2.08. The molecule has 6 heteroatoms. The van der Waals surface area contributed by atoms with Crippen LogP contribution in [0.3, 0.4) is 0 Å². The molecule has 0 aliphatic heterocycles. The van der Waals surface area contributed by atoms with E-state index in [1.54, 1.807) is 23.1 Å². The second kappa shape index (κ2) is 5.49. The molecular formula is C12H15BrN4O. The van der Waals surface area contributed by atoms with Crippen molar-refractivity contribution in [2.75, 3.05) is 7.05 Å². The van der Waals surface area contributed by atoms with Gasteiger partial charge in [0.2, 0.25) is 0 Å². The minimum Gasteiger partial charge on any atom is -0.508 e. The second-order valence-electron chi connectivity index (χ2n) is 4.25. The normalized spacial score (nSPS) is 11.1. The molecule has 0 saturated carbocycles. The summed E-state index contributed by atoms with van der Waals surface area (Å²) in [6.45, 7) is 1.43. The summed E-state index contributed by atoms with van der Waals surface area (Å²) >= 11 is 3.48. The van der Waals surface area contributed by atoms with E-state index >= 15 is 0 Å². The van der Waals surface area contributed by atoms with Crippen molar-refractivity contribution in [1.29, 1.82) is 0 Å². The van der Waals surface area contributed by atoms with Crippen LogP contribution in [0.2, 0.25) is 0 Å². The SMILES string of the molecule is CN(Cc1cc(O)ccc1Br)Cc1ncnn1C. The minimum absolute atomic E-state index is 0.278. The molecule has 1 heterocycles. The van der Waals surface area contributed by atoms with Crippen molar-refractivity contribution in [2.45, 2.75) is 13.1 Å². The summed E-state index contributed by atoms with van der Waals surface area (Å²) in [5.74, 6) is 1.19. The molecule has 0 fully saturated rings. The maximum absolute atomic E-state index is 9.49. The first-order valence-corrected chi connectivity index (χ1v) is 6.34. The van der Waals surface area contributed by atoms with Gasteiger partial charge in [0.1, 0.15) is 17.9 Å². The summed E-state index contributed by atoms with van der Waals surface area (Å²) in [7, 11) is 3.88. The van der Waals surface area contributed by atoms with Gasteiger partial charge in [-0.05, 0) is 30.8 Å². The molecule has 0 saturated heterocycles. The molecule has 5 nitrogen and oxygen atoms in total. The van der Waals surface area contributed by atoms with E-state index in [-0.39, 0.29) is 5.75 Å². The number of halogens is 1. The number of hydrogen-bond donors (Lipinski definition) is 1. The Morgan fingerprint density at radius 3 is 2.83 bits per heavy atom. The lowest BCUT2D eigenvalue weighted by Gasteiger charge is -2.17. The molecule has 2 aromatic rings. The van der Waals surface area contributed by atoms with Crippen molar-refractivity contribution in [3.8, 4) is 5.75 Å². The zero-order chi connectivity index (χ0) is 13.1. The molecule has 0 aliphatic carbocycles. The molecule has 1 N–H and O–H groups in total. The minimum atomic E-state index is 0.278. The van der Waals surface area contributed by atoms with Gasteiger partial charge in [-0.1, -0.05) is 15.9 Å². The first-order chi connectivity index (χ1) is 8.56. The van der Waals surface area contributed by atoms with E-state index in [1.807, 2.05) is 20.2 Å². The van der Waals surface area contributed by atoms with Crippen LogP contribution >= 0.6 is 15.9 Å². The van der Waals surface area contributed by atoms with Gasteiger partial charge in [-0.15, -0.1) is 0 Å². The lowest BCUT2D eigenvalue weighted by atomic mass is 10.2. The standard InChI is InChI=1S/C12H15BrN4O/c1-16(7-12-14-8-15-17(12)2)6-9-5-10(18)3-4-11(9)13/h3-5,8,18H,6-7H2,1-2H3. The maximum atomic E-state index is 9.49. The molecule has 96 valence electrons. The Labute approximate surface area is 114 Å². The van der Waals surface area contributed by atoms with Gasteiger partial charge in [-0.25, -0.2) is 4.98 Å². The summed E-state index contributed by atoms with van der Waals surface area (Å²) in [4.78, 5) is 6.30. The Kier molecular flexibility index (Phi) is 3.98. The predicted molar refractivity (Wildman–Crippen MR) is 72.0 cm³/mol. The first-order valence-electron chi connectivity index (χ1n) is 5.55. The van der Waals surface area contributed by atoms with Gasteiger partial charge >= 0.3 is 0 Å². The quantitative estimate of drug-likeness (QED) is 0.937. The van der Waals surface area contributed by atoms with Crippen molar-refractivity contribution >= 4 is 15.9 Å². The van der Waals surface area contributed by atoms with Crippen LogP contribution in [0.25, 0.3) is 0 Å². The summed E-state index contributed by atoms with van der Waals surface area (Å²) in [5.41, 5.74) is 1.04. The van der Waals surface area contributed by atoms with Crippen LogP contribution in [0.1, 0.15) is 11.4 Å². The molecule has 0 spiro atoms. The van der Waals surface area contributed by atoms with Crippen LogP contribution < -0.4 is 0 Å². The van der Waals surface area contributed by atoms with E-state index < -0.39 is 0 Å². The number of aromatic nitrogens is 3. The lowest BCUT2D eigenvalue weighted by molar-refractivity contribution is 0.304. The highest BCUT2D eigenvalue weighted by atomic mass is 79.9. The Hall–Kier alpha value is -1.40. The van der Waals surface area contributed by atoms with Gasteiger partial charge in [0, 0.05) is 18.1 Å². The predicted octanol–water partition coefficient (Wildman–Crippen LogP) is 1.92. The average molecular weight is 311 g/mol. The molecular weight excluding hydrogens is 296 g/mol. The van der Waals surface area contributed by atoms with Gasteiger partial charge in [-0.3, -0.25) is 9.58 Å². The Bertz CT molecular complexity index is 541. The van der Waals surface area contributed by atoms with E-state index in [1.165, 1.54) is 0 Å². The molecule has 0 radical (unpaired) electrons. The van der Waals surface area contributed by atoms with E-state index in [2.05, 4.69) is 30.9 Å². The largest absolute Gasteiger partial charge is 0.508 e. The molecule has 0 amide bonds. The van der Waals surface area contributed by atoms with Crippen molar-refractivity contribution in [2.24, 2.45) is 7.05 Å². The fourth-order valence-corrected chi connectivity index (χ4v) is 2.11. The summed E-state index contributed by atoms with van der Waals surface area (Å²) in [5, 5.41) is 13.5. The van der Waals surface area contributed by atoms with E-state index in [0.717, 1.165) is 22.4 Å². The molecule has 0 bridgehead atoms. The van der Waals surface area contributed by atoms with Crippen molar-refractivity contribution in [3.63, 3.8) is 0 Å². The van der Waals surface area contributed by atoms with E-state index in [4.69, 9.17) is 0 Å². The Morgan fingerprint density at radius 1 is 1.39 bits per heavy atom. The Morgan fingerprint density at radius 2 is 2.17 bits per heavy atom. The molecule has 0 atom stereocenters. The molecule has 1 aromatic heterocycles. The highest BCUT2D eigenvalue weighted by molar-refractivity contribution is 9.10. The number of aromatic hydroxyl groups is 1. The topological polar surface area (TPSA) is 54.2 Å². The van der Waals surface area contributed by atoms with Crippen LogP contribution in [-0.2, 0) is 20.1 Å². The van der Waals surface area contributed by atoms with Gasteiger partial charge in [-0.2, -0.15) is 5.10 Å². The third-order valence-corrected chi connectivity index (χ3v) is 3.46. The summed E-state index contributed by atoms with van der Waals surface area (Å²) < 4.78 is 2.75. The van der Waals surface area contributed by atoms with E-state index in [9.17, 15) is 5.11 Å². The van der Waals surface area contributed by atoms with Crippen molar-refractivity contribution in [3.05, 3.63) is 40.4 Å². The fourth-order valence-electron chi connectivity index (χ4n) is 1.73. The number of phenolic OH excluding ortho intramolecular Hbond substituents is 1. The second-order valence-corrected chi connectivity index (χ2v) is 5.10. The highest BCUT2D eigenvalue weighted by Crippen LogP contribution is 2.23. The van der Waals surface area contributed by atoms with Crippen LogP contribution in [0.4, 0.5) is 0 Å². The zero-order valence-corrected chi connectivity index (χ0v) is 11.9. The third kappa shape index (κ3) is 3.08. The Balaban J connectivity index is 2.05. The number of benzene rings is 1. The number of hydrogen-bond acceptors (Lipinski definition) is 4. The first kappa shape index (κ1) is 13.0. The molecule has 0 unspecified atom stereocenters.